The summed E-state index contributed by atoms with van der Waals surface area (Å²) in [5.74, 6) is 2.60. The predicted octanol–water partition coefficient (Wildman–Crippen LogP) is 3.65. The Hall–Kier alpha value is -0.0100. The van der Waals surface area contributed by atoms with Crippen molar-refractivity contribution in [2.75, 3.05) is 5.88 Å². The van der Waals surface area contributed by atoms with Gasteiger partial charge in [0.05, 0.1) is 0 Å². The number of halogens is 1. The maximum absolute atomic E-state index is 5.98. The molecule has 0 bridgehead atoms. The van der Waals surface area contributed by atoms with E-state index in [9.17, 15) is 0 Å². The van der Waals surface area contributed by atoms with Gasteiger partial charge < -0.3 is 0 Å². The monoisotopic (exact) mass is 212 g/mol. The zero-order valence-electron chi connectivity index (χ0n) is 7.50. The van der Waals surface area contributed by atoms with Crippen LogP contribution in [0.1, 0.15) is 24.1 Å². The third-order valence-electron chi connectivity index (χ3n) is 3.62. The first-order valence-corrected chi connectivity index (χ1v) is 6.39. The SMILES string of the molecule is ClCC1CC1(c1cccs1)C1CC1. The Morgan fingerprint density at radius 2 is 2.38 bits per heavy atom. The molecule has 2 atom stereocenters. The second kappa shape index (κ2) is 2.74. The van der Waals surface area contributed by atoms with Crippen LogP contribution in [-0.2, 0) is 5.41 Å². The summed E-state index contributed by atoms with van der Waals surface area (Å²) in [6.45, 7) is 0. The van der Waals surface area contributed by atoms with E-state index in [0.29, 0.717) is 5.41 Å². The van der Waals surface area contributed by atoms with Crippen molar-refractivity contribution in [3.63, 3.8) is 0 Å². The van der Waals surface area contributed by atoms with Gasteiger partial charge in [-0.25, -0.2) is 0 Å². The lowest BCUT2D eigenvalue weighted by Gasteiger charge is -2.13. The fraction of sp³-hybridized carbons (Fsp3) is 0.636. The van der Waals surface area contributed by atoms with Gasteiger partial charge in [-0.1, -0.05) is 6.07 Å². The summed E-state index contributed by atoms with van der Waals surface area (Å²) in [6.07, 6.45) is 4.22. The Bertz CT molecular complexity index is 302. The van der Waals surface area contributed by atoms with E-state index in [2.05, 4.69) is 17.5 Å². The molecule has 1 aromatic heterocycles. The molecular weight excluding hydrogens is 200 g/mol. The first-order valence-electron chi connectivity index (χ1n) is 4.98. The summed E-state index contributed by atoms with van der Waals surface area (Å²) in [7, 11) is 0. The van der Waals surface area contributed by atoms with Crippen molar-refractivity contribution in [3.8, 4) is 0 Å². The topological polar surface area (TPSA) is 0 Å². The highest BCUT2D eigenvalue weighted by molar-refractivity contribution is 7.10. The highest BCUT2D eigenvalue weighted by Crippen LogP contribution is 2.67. The molecule has 0 amide bonds. The normalized spacial score (nSPS) is 37.8. The van der Waals surface area contributed by atoms with Crippen LogP contribution in [0.2, 0.25) is 0 Å². The Morgan fingerprint density at radius 3 is 2.85 bits per heavy atom. The molecule has 0 radical (unpaired) electrons. The highest BCUT2D eigenvalue weighted by atomic mass is 35.5. The van der Waals surface area contributed by atoms with Gasteiger partial charge in [0.25, 0.3) is 0 Å². The molecule has 0 saturated heterocycles. The molecule has 0 N–H and O–H groups in total. The molecule has 70 valence electrons. The van der Waals surface area contributed by atoms with Crippen LogP contribution in [0, 0.1) is 11.8 Å². The van der Waals surface area contributed by atoms with Crippen molar-refractivity contribution in [1.29, 1.82) is 0 Å². The van der Waals surface area contributed by atoms with Crippen LogP contribution in [0.3, 0.4) is 0 Å². The molecule has 2 heteroatoms. The standard InChI is InChI=1S/C11H13ClS/c12-7-9-6-11(9,8-3-4-8)10-2-1-5-13-10/h1-2,5,8-9H,3-4,6-7H2. The maximum atomic E-state index is 5.98. The first-order chi connectivity index (χ1) is 6.38. The molecule has 0 aromatic carbocycles. The minimum atomic E-state index is 0.538. The van der Waals surface area contributed by atoms with E-state index in [4.69, 9.17) is 11.6 Å². The second-order valence-corrected chi connectivity index (χ2v) is 5.60. The van der Waals surface area contributed by atoms with Crippen molar-refractivity contribution in [3.05, 3.63) is 22.4 Å². The quantitative estimate of drug-likeness (QED) is 0.671. The largest absolute Gasteiger partial charge is 0.148 e. The van der Waals surface area contributed by atoms with E-state index in [-0.39, 0.29) is 0 Å². The van der Waals surface area contributed by atoms with E-state index < -0.39 is 0 Å². The van der Waals surface area contributed by atoms with Gasteiger partial charge in [-0.2, -0.15) is 0 Å². The van der Waals surface area contributed by atoms with E-state index in [1.807, 2.05) is 11.3 Å². The summed E-state index contributed by atoms with van der Waals surface area (Å²) in [6, 6.07) is 4.48. The molecule has 2 aliphatic carbocycles. The molecule has 2 fully saturated rings. The van der Waals surface area contributed by atoms with Crippen molar-refractivity contribution in [1.82, 2.24) is 0 Å². The fourth-order valence-corrected chi connectivity index (χ4v) is 4.17. The van der Waals surface area contributed by atoms with Crippen molar-refractivity contribution in [2.45, 2.75) is 24.7 Å². The van der Waals surface area contributed by atoms with Gasteiger partial charge in [0, 0.05) is 16.2 Å². The fourth-order valence-electron chi connectivity index (χ4n) is 2.69. The van der Waals surface area contributed by atoms with Gasteiger partial charge in [-0.15, -0.1) is 22.9 Å². The summed E-state index contributed by atoms with van der Waals surface area (Å²) < 4.78 is 0. The third kappa shape index (κ3) is 1.10. The van der Waals surface area contributed by atoms with Gasteiger partial charge in [0.2, 0.25) is 0 Å². The number of hydrogen-bond acceptors (Lipinski definition) is 1. The summed E-state index contributed by atoms with van der Waals surface area (Å²) in [4.78, 5) is 1.60. The van der Waals surface area contributed by atoms with Crippen LogP contribution in [0.15, 0.2) is 17.5 Å². The van der Waals surface area contributed by atoms with E-state index in [1.165, 1.54) is 19.3 Å². The van der Waals surface area contributed by atoms with Gasteiger partial charge in [-0.05, 0) is 42.5 Å². The predicted molar refractivity (Wildman–Crippen MR) is 57.5 cm³/mol. The minimum Gasteiger partial charge on any atom is -0.148 e. The summed E-state index contributed by atoms with van der Waals surface area (Å²) >= 11 is 7.90. The van der Waals surface area contributed by atoms with Crippen molar-refractivity contribution >= 4 is 22.9 Å². The molecule has 0 spiro atoms. The molecule has 0 aliphatic heterocycles. The average Bonchev–Trinajstić information content (AvgIpc) is 3.04. The number of hydrogen-bond donors (Lipinski definition) is 0. The smallest absolute Gasteiger partial charge is 0.0261 e. The van der Waals surface area contributed by atoms with E-state index in [1.54, 1.807) is 4.88 Å². The van der Waals surface area contributed by atoms with E-state index in [0.717, 1.165) is 17.7 Å². The Balaban J connectivity index is 1.93. The molecule has 2 saturated carbocycles. The Labute approximate surface area is 87.9 Å². The number of thiophene rings is 1. The molecule has 1 heterocycles. The highest BCUT2D eigenvalue weighted by Gasteiger charge is 2.62. The molecule has 2 unspecified atom stereocenters. The Kier molecular flexibility index (Phi) is 1.75. The van der Waals surface area contributed by atoms with E-state index >= 15 is 0 Å². The van der Waals surface area contributed by atoms with Crippen LogP contribution in [0.5, 0.6) is 0 Å². The molecule has 2 aliphatic rings. The van der Waals surface area contributed by atoms with Gasteiger partial charge in [-0.3, -0.25) is 0 Å². The molecular formula is C11H13ClS. The van der Waals surface area contributed by atoms with Crippen LogP contribution in [-0.4, -0.2) is 5.88 Å². The maximum Gasteiger partial charge on any atom is 0.0261 e. The average molecular weight is 213 g/mol. The lowest BCUT2D eigenvalue weighted by Crippen LogP contribution is -2.11. The number of rotatable bonds is 3. The molecule has 3 rings (SSSR count). The number of alkyl halides is 1. The van der Waals surface area contributed by atoms with Crippen molar-refractivity contribution in [2.24, 2.45) is 11.8 Å². The third-order valence-corrected chi connectivity index (χ3v) is 5.06. The lowest BCUT2D eigenvalue weighted by atomic mass is 9.96. The molecule has 0 nitrogen and oxygen atoms in total. The van der Waals surface area contributed by atoms with Crippen LogP contribution in [0.25, 0.3) is 0 Å². The molecule has 13 heavy (non-hydrogen) atoms. The zero-order chi connectivity index (χ0) is 8.89. The summed E-state index contributed by atoms with van der Waals surface area (Å²) in [5.41, 5.74) is 0.538. The first kappa shape index (κ1) is 8.31. The summed E-state index contributed by atoms with van der Waals surface area (Å²) in [5, 5.41) is 2.20. The molecule has 1 aromatic rings. The van der Waals surface area contributed by atoms with Gasteiger partial charge in [0.1, 0.15) is 0 Å². The van der Waals surface area contributed by atoms with Crippen molar-refractivity contribution < 1.29 is 0 Å². The van der Waals surface area contributed by atoms with Gasteiger partial charge in [0.15, 0.2) is 0 Å². The lowest BCUT2D eigenvalue weighted by molar-refractivity contribution is 0.562. The van der Waals surface area contributed by atoms with Crippen LogP contribution < -0.4 is 0 Å². The zero-order valence-corrected chi connectivity index (χ0v) is 9.07. The Morgan fingerprint density at radius 1 is 1.54 bits per heavy atom. The van der Waals surface area contributed by atoms with Gasteiger partial charge >= 0.3 is 0 Å². The second-order valence-electron chi connectivity index (χ2n) is 4.35. The van der Waals surface area contributed by atoms with Crippen LogP contribution in [0.4, 0.5) is 0 Å². The van der Waals surface area contributed by atoms with Crippen LogP contribution >= 0.6 is 22.9 Å². The minimum absolute atomic E-state index is 0.538.